The van der Waals surface area contributed by atoms with Crippen LogP contribution in [0.15, 0.2) is 30.6 Å². The molecule has 1 aliphatic heterocycles. The first-order chi connectivity index (χ1) is 8.84. The molecule has 94 valence electrons. The smallest absolute Gasteiger partial charge is 0.228 e. The highest BCUT2D eigenvalue weighted by atomic mass is 15.4. The van der Waals surface area contributed by atoms with Crippen LogP contribution in [-0.4, -0.2) is 40.9 Å². The van der Waals surface area contributed by atoms with Crippen LogP contribution in [0.25, 0.3) is 5.69 Å². The molecule has 1 N–H and O–H groups in total. The third-order valence-corrected chi connectivity index (χ3v) is 3.21. The van der Waals surface area contributed by atoms with Gasteiger partial charge in [0.15, 0.2) is 0 Å². The third-order valence-electron chi connectivity index (χ3n) is 3.21. The van der Waals surface area contributed by atoms with Gasteiger partial charge >= 0.3 is 0 Å². The molecule has 1 fully saturated rings. The van der Waals surface area contributed by atoms with Crippen LogP contribution in [0.1, 0.15) is 5.56 Å². The first kappa shape index (κ1) is 11.2. The monoisotopic (exact) mass is 243 g/mol. The molecule has 5 heteroatoms. The van der Waals surface area contributed by atoms with Crippen molar-refractivity contribution in [3.8, 4) is 5.69 Å². The second-order valence-electron chi connectivity index (χ2n) is 4.54. The van der Waals surface area contributed by atoms with Crippen molar-refractivity contribution in [1.29, 1.82) is 0 Å². The predicted octanol–water partition coefficient (Wildman–Crippen LogP) is 0.985. The number of hydrogen-bond acceptors (Lipinski definition) is 4. The molecule has 1 aromatic heterocycles. The highest BCUT2D eigenvalue weighted by molar-refractivity contribution is 5.42. The number of aryl methyl sites for hydroxylation is 1. The zero-order chi connectivity index (χ0) is 12.4. The zero-order valence-electron chi connectivity index (χ0n) is 10.5. The van der Waals surface area contributed by atoms with Crippen LogP contribution < -0.4 is 10.2 Å². The van der Waals surface area contributed by atoms with Crippen molar-refractivity contribution in [2.45, 2.75) is 6.92 Å². The summed E-state index contributed by atoms with van der Waals surface area (Å²) in [5.41, 5.74) is 2.31. The lowest BCUT2D eigenvalue weighted by Crippen LogP contribution is -2.44. The summed E-state index contributed by atoms with van der Waals surface area (Å²) in [6, 6.07) is 8.35. The summed E-state index contributed by atoms with van der Waals surface area (Å²) in [4.78, 5) is 6.66. The van der Waals surface area contributed by atoms with Gasteiger partial charge in [0.2, 0.25) is 5.95 Å². The summed E-state index contributed by atoms with van der Waals surface area (Å²) in [6.07, 6.45) is 1.62. The summed E-state index contributed by atoms with van der Waals surface area (Å²) in [5.74, 6) is 0.931. The molecular weight excluding hydrogens is 226 g/mol. The topological polar surface area (TPSA) is 46.0 Å². The van der Waals surface area contributed by atoms with Gasteiger partial charge in [-0.25, -0.2) is 0 Å². The molecule has 2 aromatic rings. The average molecular weight is 243 g/mol. The molecule has 0 amide bonds. The molecule has 5 nitrogen and oxygen atoms in total. The molecule has 0 spiro atoms. The van der Waals surface area contributed by atoms with E-state index < -0.39 is 0 Å². The molecule has 3 rings (SSSR count). The number of anilines is 1. The molecule has 0 unspecified atom stereocenters. The highest BCUT2D eigenvalue weighted by Gasteiger charge is 2.16. The van der Waals surface area contributed by atoms with Crippen molar-refractivity contribution in [2.75, 3.05) is 31.1 Å². The normalized spacial score (nSPS) is 15.9. The number of rotatable bonds is 2. The Hall–Kier alpha value is -1.88. The van der Waals surface area contributed by atoms with Crippen LogP contribution in [0, 0.1) is 6.92 Å². The van der Waals surface area contributed by atoms with E-state index in [9.17, 15) is 0 Å². The van der Waals surface area contributed by atoms with Gasteiger partial charge in [-0.15, -0.1) is 0 Å². The summed E-state index contributed by atoms with van der Waals surface area (Å²) in [5, 5.41) is 7.68. The fourth-order valence-electron chi connectivity index (χ4n) is 2.18. The largest absolute Gasteiger partial charge is 0.338 e. The lowest BCUT2D eigenvalue weighted by Gasteiger charge is -2.28. The first-order valence-electron chi connectivity index (χ1n) is 6.27. The first-order valence-corrected chi connectivity index (χ1v) is 6.27. The zero-order valence-corrected chi connectivity index (χ0v) is 10.5. The van der Waals surface area contributed by atoms with Crippen molar-refractivity contribution in [1.82, 2.24) is 20.1 Å². The predicted molar refractivity (Wildman–Crippen MR) is 71.2 cm³/mol. The van der Waals surface area contributed by atoms with Gasteiger partial charge in [-0.05, 0) is 19.1 Å². The molecule has 0 radical (unpaired) electrons. The minimum absolute atomic E-state index is 0.931. The van der Waals surface area contributed by atoms with E-state index in [4.69, 9.17) is 0 Å². The van der Waals surface area contributed by atoms with Gasteiger partial charge < -0.3 is 10.2 Å². The van der Waals surface area contributed by atoms with E-state index in [0.717, 1.165) is 37.8 Å². The molecular formula is C13H17N5. The van der Waals surface area contributed by atoms with Crippen molar-refractivity contribution >= 4 is 5.95 Å². The Balaban J connectivity index is 1.93. The van der Waals surface area contributed by atoms with Gasteiger partial charge in [0.05, 0.1) is 5.69 Å². The Morgan fingerprint density at radius 3 is 2.56 bits per heavy atom. The van der Waals surface area contributed by atoms with Gasteiger partial charge in [-0.1, -0.05) is 17.7 Å². The van der Waals surface area contributed by atoms with E-state index in [0.29, 0.717) is 0 Å². The minimum atomic E-state index is 0.931. The van der Waals surface area contributed by atoms with Crippen molar-refractivity contribution in [3.63, 3.8) is 0 Å². The van der Waals surface area contributed by atoms with Gasteiger partial charge in [0.1, 0.15) is 6.33 Å². The third kappa shape index (κ3) is 2.09. The molecule has 0 bridgehead atoms. The van der Waals surface area contributed by atoms with E-state index in [-0.39, 0.29) is 0 Å². The van der Waals surface area contributed by atoms with E-state index in [1.54, 1.807) is 6.33 Å². The SMILES string of the molecule is Cc1ccc(-n2ncnc2N2CCNCC2)cc1. The fourth-order valence-corrected chi connectivity index (χ4v) is 2.18. The molecule has 2 heterocycles. The number of aromatic nitrogens is 3. The number of nitrogens with zero attached hydrogens (tertiary/aromatic N) is 4. The van der Waals surface area contributed by atoms with Crippen molar-refractivity contribution < 1.29 is 0 Å². The van der Waals surface area contributed by atoms with Crippen LogP contribution in [0.3, 0.4) is 0 Å². The number of nitrogens with one attached hydrogen (secondary N) is 1. The van der Waals surface area contributed by atoms with Gasteiger partial charge in [-0.3, -0.25) is 0 Å². The number of hydrogen-bond donors (Lipinski definition) is 1. The quantitative estimate of drug-likeness (QED) is 0.854. The van der Waals surface area contributed by atoms with Gasteiger partial charge in [-0.2, -0.15) is 14.8 Å². The number of benzene rings is 1. The van der Waals surface area contributed by atoms with Crippen LogP contribution >= 0.6 is 0 Å². The molecule has 0 saturated carbocycles. The number of piperazine rings is 1. The highest BCUT2D eigenvalue weighted by Crippen LogP contribution is 2.17. The molecule has 0 atom stereocenters. The summed E-state index contributed by atoms with van der Waals surface area (Å²) in [6.45, 7) is 6.04. The Morgan fingerprint density at radius 1 is 1.11 bits per heavy atom. The standard InChI is InChI=1S/C13H17N5/c1-11-2-4-12(5-3-11)18-13(15-10-16-18)17-8-6-14-7-9-17/h2-5,10,14H,6-9H2,1H3. The molecule has 1 saturated heterocycles. The average Bonchev–Trinajstić information content (AvgIpc) is 2.90. The summed E-state index contributed by atoms with van der Waals surface area (Å²) >= 11 is 0. The summed E-state index contributed by atoms with van der Waals surface area (Å²) < 4.78 is 1.91. The van der Waals surface area contributed by atoms with Crippen LogP contribution in [-0.2, 0) is 0 Å². The molecule has 1 aliphatic rings. The Morgan fingerprint density at radius 2 is 1.83 bits per heavy atom. The maximum Gasteiger partial charge on any atom is 0.228 e. The van der Waals surface area contributed by atoms with Crippen molar-refractivity contribution in [2.24, 2.45) is 0 Å². The summed E-state index contributed by atoms with van der Waals surface area (Å²) in [7, 11) is 0. The Bertz CT molecular complexity index is 510. The van der Waals surface area contributed by atoms with Crippen LogP contribution in [0.5, 0.6) is 0 Å². The minimum Gasteiger partial charge on any atom is -0.338 e. The van der Waals surface area contributed by atoms with Gasteiger partial charge in [0.25, 0.3) is 0 Å². The van der Waals surface area contributed by atoms with Crippen LogP contribution in [0.4, 0.5) is 5.95 Å². The van der Waals surface area contributed by atoms with E-state index >= 15 is 0 Å². The lowest BCUT2D eigenvalue weighted by molar-refractivity contribution is 0.575. The van der Waals surface area contributed by atoms with Crippen LogP contribution in [0.2, 0.25) is 0 Å². The van der Waals surface area contributed by atoms with E-state index in [1.807, 2.05) is 4.68 Å². The fraction of sp³-hybridized carbons (Fsp3) is 0.385. The molecule has 1 aromatic carbocycles. The second-order valence-corrected chi connectivity index (χ2v) is 4.54. The Kier molecular flexibility index (Phi) is 2.98. The lowest BCUT2D eigenvalue weighted by atomic mass is 10.2. The van der Waals surface area contributed by atoms with Gasteiger partial charge in [0, 0.05) is 26.2 Å². The molecule has 18 heavy (non-hydrogen) atoms. The second kappa shape index (κ2) is 4.78. The van der Waals surface area contributed by atoms with E-state index in [2.05, 4.69) is 51.5 Å². The van der Waals surface area contributed by atoms with E-state index in [1.165, 1.54) is 5.56 Å². The molecule has 0 aliphatic carbocycles. The Labute approximate surface area is 106 Å². The maximum atomic E-state index is 4.39. The van der Waals surface area contributed by atoms with Crippen molar-refractivity contribution in [3.05, 3.63) is 36.2 Å². The maximum absolute atomic E-state index is 4.39.